The molecule has 15 heteroatoms. The Morgan fingerprint density at radius 1 is 0.805 bits per heavy atom. The normalized spacial score (nSPS) is 12.6. The van der Waals surface area contributed by atoms with Crippen molar-refractivity contribution in [3.05, 3.63) is 75.8 Å². The highest BCUT2D eigenvalue weighted by Gasteiger charge is 2.47. The van der Waals surface area contributed by atoms with Crippen LogP contribution in [0.25, 0.3) is 0 Å². The van der Waals surface area contributed by atoms with Crippen molar-refractivity contribution in [1.29, 1.82) is 0 Å². The first-order valence-electron chi connectivity index (χ1n) is 12.3. The Labute approximate surface area is 250 Å². The molecule has 0 unspecified atom stereocenters. The molecular formula is C26H31Cl2N2O8PS2. The fourth-order valence-corrected chi connectivity index (χ4v) is 9.54. The molecule has 0 aromatic heterocycles. The van der Waals surface area contributed by atoms with E-state index in [1.807, 2.05) is 0 Å². The van der Waals surface area contributed by atoms with Crippen molar-refractivity contribution in [2.75, 3.05) is 8.80 Å². The number of rotatable bonds is 11. The fraction of sp³-hybridized carbons (Fsp3) is 0.308. The van der Waals surface area contributed by atoms with Gasteiger partial charge >= 0.3 is 7.75 Å². The Morgan fingerprint density at radius 3 is 1.68 bits per heavy atom. The number of hydrogen-bond acceptors (Lipinski definition) is 8. The number of halogens is 2. The standard InChI is InChI=1S/C26H31Cl2N2O8PS2/c1-16(2)37-39(32,38-17(3)4)30(41(35,36)21-13-9-19(6)10-14-21)23-15-22(26(31)25(28)24(23)27)29-40(33,34)20-11-7-18(5)8-12-20/h7-17,29,31H,1-6H3. The van der Waals surface area contributed by atoms with Crippen LogP contribution in [0.15, 0.2) is 64.4 Å². The molecule has 3 aromatic rings. The molecule has 3 aromatic carbocycles. The van der Waals surface area contributed by atoms with Crippen LogP contribution in [-0.4, -0.2) is 34.2 Å². The summed E-state index contributed by atoms with van der Waals surface area (Å²) < 4.78 is 82.8. The molecule has 0 aliphatic carbocycles. The van der Waals surface area contributed by atoms with Gasteiger partial charge in [0.05, 0.1) is 38.4 Å². The van der Waals surface area contributed by atoms with Gasteiger partial charge in [-0.2, -0.15) is 4.08 Å². The maximum atomic E-state index is 14.4. The van der Waals surface area contributed by atoms with Gasteiger partial charge in [0.1, 0.15) is 5.02 Å². The minimum atomic E-state index is -4.82. The zero-order chi connectivity index (χ0) is 30.9. The highest BCUT2D eigenvalue weighted by molar-refractivity contribution is 7.99. The Morgan fingerprint density at radius 2 is 1.24 bits per heavy atom. The number of aromatic hydroxyl groups is 1. The topological polar surface area (TPSA) is 139 Å². The molecule has 0 heterocycles. The number of hydrogen-bond donors (Lipinski definition) is 2. The second-order valence-electron chi connectivity index (χ2n) is 9.68. The predicted octanol–water partition coefficient (Wildman–Crippen LogP) is 7.27. The Kier molecular flexibility index (Phi) is 10.1. The van der Waals surface area contributed by atoms with Gasteiger partial charge in [0, 0.05) is 0 Å². The van der Waals surface area contributed by atoms with Crippen LogP contribution >= 0.6 is 30.9 Å². The minimum Gasteiger partial charge on any atom is -0.504 e. The molecule has 0 atom stereocenters. The van der Waals surface area contributed by atoms with E-state index in [4.69, 9.17) is 32.2 Å². The maximum Gasteiger partial charge on any atom is 0.449 e. The summed E-state index contributed by atoms with van der Waals surface area (Å²) in [6.07, 6.45) is -1.58. The van der Waals surface area contributed by atoms with Crippen molar-refractivity contribution >= 4 is 62.4 Å². The van der Waals surface area contributed by atoms with Gasteiger partial charge in [-0.1, -0.05) is 58.6 Å². The highest BCUT2D eigenvalue weighted by atomic mass is 35.5. The summed E-state index contributed by atoms with van der Waals surface area (Å²) >= 11 is 12.8. The van der Waals surface area contributed by atoms with E-state index in [0.29, 0.717) is 4.08 Å². The molecule has 0 aliphatic rings. The van der Waals surface area contributed by atoms with Gasteiger partial charge in [-0.3, -0.25) is 13.8 Å². The number of anilines is 2. The van der Waals surface area contributed by atoms with Crippen molar-refractivity contribution in [3.8, 4) is 5.75 Å². The summed E-state index contributed by atoms with van der Waals surface area (Å²) in [6, 6.07) is 12.4. The molecule has 224 valence electrons. The van der Waals surface area contributed by atoms with E-state index in [-0.39, 0.29) is 9.79 Å². The molecule has 0 spiro atoms. The quantitative estimate of drug-likeness (QED) is 0.161. The first-order valence-corrected chi connectivity index (χ1v) is 17.5. The zero-order valence-electron chi connectivity index (χ0n) is 23.1. The van der Waals surface area contributed by atoms with Crippen LogP contribution in [0.2, 0.25) is 10.0 Å². The van der Waals surface area contributed by atoms with Crippen LogP contribution in [0.5, 0.6) is 5.75 Å². The summed E-state index contributed by atoms with van der Waals surface area (Å²) in [7, 11) is -13.9. The third kappa shape index (κ3) is 7.37. The van der Waals surface area contributed by atoms with E-state index in [0.717, 1.165) is 17.2 Å². The summed E-state index contributed by atoms with van der Waals surface area (Å²) in [5, 5.41) is 9.60. The molecule has 0 radical (unpaired) electrons. The molecule has 0 amide bonds. The zero-order valence-corrected chi connectivity index (χ0v) is 27.2. The molecule has 10 nitrogen and oxygen atoms in total. The van der Waals surface area contributed by atoms with Gasteiger partial charge in [0.2, 0.25) is 0 Å². The number of phenols is 1. The molecular weight excluding hydrogens is 634 g/mol. The molecule has 2 N–H and O–H groups in total. The van der Waals surface area contributed by atoms with E-state index in [1.54, 1.807) is 26.0 Å². The third-order valence-electron chi connectivity index (χ3n) is 5.40. The van der Waals surface area contributed by atoms with Crippen molar-refractivity contribution in [2.24, 2.45) is 0 Å². The number of phenolic OH excluding ortho intramolecular Hbond substituents is 1. The van der Waals surface area contributed by atoms with Gasteiger partial charge in [-0.25, -0.2) is 21.4 Å². The van der Waals surface area contributed by atoms with Gasteiger partial charge in [0.15, 0.2) is 5.75 Å². The number of benzene rings is 3. The molecule has 41 heavy (non-hydrogen) atoms. The third-order valence-corrected chi connectivity index (χ3v) is 12.4. The lowest BCUT2D eigenvalue weighted by Gasteiger charge is -2.34. The van der Waals surface area contributed by atoms with Crippen LogP contribution < -0.4 is 8.80 Å². The lowest BCUT2D eigenvalue weighted by molar-refractivity contribution is 0.143. The Balaban J connectivity index is 2.34. The molecule has 0 bridgehead atoms. The van der Waals surface area contributed by atoms with Crippen LogP contribution in [0.3, 0.4) is 0 Å². The predicted molar refractivity (Wildman–Crippen MR) is 161 cm³/mol. The average molecular weight is 666 g/mol. The molecule has 0 saturated heterocycles. The molecule has 0 saturated carbocycles. The Hall–Kier alpha value is -2.31. The van der Waals surface area contributed by atoms with Crippen LogP contribution in [0.4, 0.5) is 11.4 Å². The molecule has 3 rings (SSSR count). The fourth-order valence-electron chi connectivity index (χ4n) is 3.59. The second-order valence-corrected chi connectivity index (χ2v) is 15.9. The van der Waals surface area contributed by atoms with Crippen LogP contribution in [0, 0.1) is 13.8 Å². The lowest BCUT2D eigenvalue weighted by atomic mass is 10.2. The number of nitrogens with one attached hydrogen (secondary N) is 1. The number of nitrogens with zero attached hydrogens (tertiary/aromatic N) is 1. The summed E-state index contributed by atoms with van der Waals surface area (Å²) in [5.74, 6) is -0.784. The summed E-state index contributed by atoms with van der Waals surface area (Å²) in [4.78, 5) is -0.429. The van der Waals surface area contributed by atoms with E-state index in [1.165, 1.54) is 64.1 Å². The van der Waals surface area contributed by atoms with Gasteiger partial charge < -0.3 is 5.11 Å². The van der Waals surface area contributed by atoms with Crippen molar-refractivity contribution in [2.45, 2.75) is 63.5 Å². The monoisotopic (exact) mass is 664 g/mol. The van der Waals surface area contributed by atoms with Crippen molar-refractivity contribution in [1.82, 2.24) is 0 Å². The maximum absolute atomic E-state index is 14.4. The van der Waals surface area contributed by atoms with Crippen LogP contribution in [-0.2, 0) is 33.7 Å². The number of aryl methyl sites for hydroxylation is 2. The lowest BCUT2D eigenvalue weighted by Crippen LogP contribution is -2.32. The van der Waals surface area contributed by atoms with E-state index < -0.39 is 67.2 Å². The van der Waals surface area contributed by atoms with Gasteiger partial charge in [-0.05, 0) is 71.9 Å². The smallest absolute Gasteiger partial charge is 0.449 e. The highest BCUT2D eigenvalue weighted by Crippen LogP contribution is 2.61. The largest absolute Gasteiger partial charge is 0.504 e. The number of sulfonamides is 2. The minimum absolute atomic E-state index is 0.142. The van der Waals surface area contributed by atoms with Gasteiger partial charge in [-0.15, -0.1) is 0 Å². The molecule has 0 fully saturated rings. The van der Waals surface area contributed by atoms with E-state index in [9.17, 15) is 26.5 Å². The summed E-state index contributed by atoms with van der Waals surface area (Å²) in [5.41, 5.74) is 0.488. The van der Waals surface area contributed by atoms with E-state index in [2.05, 4.69) is 4.72 Å². The Bertz CT molecular complexity index is 1670. The first kappa shape index (κ1) is 33.2. The van der Waals surface area contributed by atoms with Crippen molar-refractivity contribution in [3.63, 3.8) is 0 Å². The van der Waals surface area contributed by atoms with Gasteiger partial charge in [0.25, 0.3) is 20.0 Å². The van der Waals surface area contributed by atoms with Crippen LogP contribution in [0.1, 0.15) is 38.8 Å². The van der Waals surface area contributed by atoms with E-state index >= 15 is 0 Å². The second kappa shape index (κ2) is 12.5. The summed E-state index contributed by atoms with van der Waals surface area (Å²) in [6.45, 7) is 9.64. The average Bonchev–Trinajstić information content (AvgIpc) is 2.84. The molecule has 0 aliphatic heterocycles. The first-order chi connectivity index (χ1) is 18.9. The van der Waals surface area contributed by atoms with Crippen molar-refractivity contribution < 1.29 is 35.6 Å². The SMILES string of the molecule is Cc1ccc(S(=O)(=O)Nc2cc(N(P(=O)(OC(C)C)OC(C)C)S(=O)(=O)c3ccc(C)cc3)c(Cl)c(Cl)c2O)cc1.